The van der Waals surface area contributed by atoms with Gasteiger partial charge in [0.05, 0.1) is 23.9 Å². The normalized spacial score (nSPS) is 12.5. The minimum absolute atomic E-state index is 0.000665. The number of H-pyrrole nitrogens is 1. The fourth-order valence-electron chi connectivity index (χ4n) is 5.79. The molecule has 5 rings (SSSR count). The first-order valence-electron chi connectivity index (χ1n) is 17.4. The number of hydrogen-bond acceptors (Lipinski definition) is 6. The van der Waals surface area contributed by atoms with Crippen molar-refractivity contribution in [3.8, 4) is 22.6 Å². The Morgan fingerprint density at radius 2 is 1.63 bits per heavy atom. The lowest BCUT2D eigenvalue weighted by Crippen LogP contribution is -2.43. The monoisotopic (exact) mass is 707 g/mol. The molecule has 0 aliphatic rings. The van der Waals surface area contributed by atoms with Crippen LogP contribution >= 0.6 is 0 Å². The van der Waals surface area contributed by atoms with Crippen LogP contribution in [0.25, 0.3) is 22.0 Å². The van der Waals surface area contributed by atoms with Crippen LogP contribution in [0.5, 0.6) is 11.5 Å². The molecule has 1 amide bonds. The summed E-state index contributed by atoms with van der Waals surface area (Å²) in [6.07, 6.45) is 1.31. The van der Waals surface area contributed by atoms with Crippen LogP contribution in [-0.4, -0.2) is 42.8 Å². The number of aromatic hydroxyl groups is 1. The molecule has 10 heteroatoms. The third-order valence-electron chi connectivity index (χ3n) is 9.62. The van der Waals surface area contributed by atoms with E-state index >= 15 is 0 Å². The fraction of sp³-hybridized carbons (Fsp3) is 0.317. The number of benzene rings is 4. The lowest BCUT2D eigenvalue weighted by atomic mass is 9.98. The minimum atomic E-state index is -2.18. The number of nitrogens with one attached hydrogen (secondary N) is 3. The first-order chi connectivity index (χ1) is 24.3. The second kappa shape index (κ2) is 16.4. The number of amides is 1. The second-order valence-electron chi connectivity index (χ2n) is 14.4. The molecule has 0 saturated carbocycles. The van der Waals surface area contributed by atoms with Crippen molar-refractivity contribution in [2.24, 2.45) is 0 Å². The Morgan fingerprint density at radius 1 is 0.902 bits per heavy atom. The van der Waals surface area contributed by atoms with Crippen molar-refractivity contribution in [1.29, 1.82) is 0 Å². The van der Waals surface area contributed by atoms with Gasteiger partial charge in [0.1, 0.15) is 11.5 Å². The molecule has 0 aliphatic heterocycles. The van der Waals surface area contributed by atoms with Crippen molar-refractivity contribution in [3.63, 3.8) is 0 Å². The Morgan fingerprint density at radius 3 is 2.33 bits per heavy atom. The maximum absolute atomic E-state index is 12.0. The number of carbonyl (C=O) groups is 1. The zero-order chi connectivity index (χ0) is 36.6. The number of fused-ring (bicyclic) bond motifs is 1. The van der Waals surface area contributed by atoms with Crippen molar-refractivity contribution < 1.29 is 24.2 Å². The van der Waals surface area contributed by atoms with Gasteiger partial charge in [0, 0.05) is 30.1 Å². The van der Waals surface area contributed by atoms with Gasteiger partial charge in [0.15, 0.2) is 8.32 Å². The van der Waals surface area contributed by atoms with Gasteiger partial charge in [0.2, 0.25) is 5.56 Å². The first-order valence-corrected chi connectivity index (χ1v) is 20.3. The Bertz CT molecular complexity index is 1990. The number of pyridine rings is 1. The van der Waals surface area contributed by atoms with Gasteiger partial charge in [-0.2, -0.15) is 0 Å². The van der Waals surface area contributed by atoms with Gasteiger partial charge in [-0.05, 0) is 96.0 Å². The SMILES string of the molecule is CC(C)(C)[Si](C)(C)OC(CNCc1ccc(OCCCCc2ccc(NC(=O)O)c(-c3ccccc3)c2)cc1)c1ccc(O)c2[nH]c(=O)ccc12. The van der Waals surface area contributed by atoms with Gasteiger partial charge < -0.3 is 29.7 Å². The van der Waals surface area contributed by atoms with E-state index in [0.717, 1.165) is 58.2 Å². The third-order valence-corrected chi connectivity index (χ3v) is 14.1. The average Bonchev–Trinajstić information content (AvgIpc) is 3.09. The summed E-state index contributed by atoms with van der Waals surface area (Å²) in [7, 11) is -2.18. The summed E-state index contributed by atoms with van der Waals surface area (Å²) in [6, 6.07) is 30.5. The van der Waals surface area contributed by atoms with Crippen molar-refractivity contribution >= 4 is 31.0 Å². The summed E-state index contributed by atoms with van der Waals surface area (Å²) in [6.45, 7) is 12.9. The van der Waals surface area contributed by atoms with E-state index in [1.807, 2.05) is 60.7 Å². The van der Waals surface area contributed by atoms with E-state index in [9.17, 15) is 19.8 Å². The van der Waals surface area contributed by atoms with Crippen LogP contribution in [0, 0.1) is 0 Å². The maximum atomic E-state index is 12.0. The number of aromatic nitrogens is 1. The Labute approximate surface area is 300 Å². The molecule has 1 heterocycles. The molecule has 0 fully saturated rings. The van der Waals surface area contributed by atoms with E-state index in [2.05, 4.69) is 67.7 Å². The quantitative estimate of drug-likeness (QED) is 0.0541. The fourth-order valence-corrected chi connectivity index (χ4v) is 7.06. The molecule has 4 aromatic carbocycles. The maximum Gasteiger partial charge on any atom is 0.409 e. The Balaban J connectivity index is 1.14. The molecule has 1 atom stereocenters. The number of aromatic amines is 1. The lowest BCUT2D eigenvalue weighted by molar-refractivity contribution is 0.181. The van der Waals surface area contributed by atoms with Crippen molar-refractivity contribution in [2.75, 3.05) is 18.5 Å². The summed E-state index contributed by atoms with van der Waals surface area (Å²) in [5.41, 5.74) is 5.74. The number of ether oxygens (including phenoxy) is 1. The van der Waals surface area contributed by atoms with E-state index in [4.69, 9.17) is 9.16 Å². The molecule has 51 heavy (non-hydrogen) atoms. The van der Waals surface area contributed by atoms with E-state index in [-0.39, 0.29) is 22.5 Å². The number of carboxylic acid groups (broad SMARTS) is 1. The van der Waals surface area contributed by atoms with Gasteiger partial charge in [0.25, 0.3) is 0 Å². The zero-order valence-corrected chi connectivity index (χ0v) is 31.1. The molecule has 5 aromatic rings. The van der Waals surface area contributed by atoms with E-state index in [1.165, 1.54) is 6.07 Å². The van der Waals surface area contributed by atoms with Gasteiger partial charge in [-0.15, -0.1) is 0 Å². The zero-order valence-electron chi connectivity index (χ0n) is 30.1. The second-order valence-corrected chi connectivity index (χ2v) is 19.2. The summed E-state index contributed by atoms with van der Waals surface area (Å²) < 4.78 is 13.0. The van der Waals surface area contributed by atoms with Gasteiger partial charge >= 0.3 is 6.09 Å². The average molecular weight is 708 g/mol. The molecule has 0 aliphatic carbocycles. The highest BCUT2D eigenvalue weighted by Crippen LogP contribution is 2.41. The molecule has 1 unspecified atom stereocenters. The molecule has 1 aromatic heterocycles. The standard InChI is InChI=1S/C41H49N3O6Si/c1-41(2,3)51(4,5)50-37(32-19-22-36(45)39-33(32)20-23-38(46)44-39)27-42-26-29-14-17-31(18-15-29)49-24-10-9-11-28-16-21-35(43-40(47)48)34(25-28)30-12-7-6-8-13-30/h6-8,12-23,25,37,42-43,45H,9-11,24,26-27H2,1-5H3,(H,44,46)(H,47,48). The number of phenols is 1. The summed E-state index contributed by atoms with van der Waals surface area (Å²) in [5, 5.41) is 26.6. The van der Waals surface area contributed by atoms with Crippen LogP contribution in [0.2, 0.25) is 18.1 Å². The highest BCUT2D eigenvalue weighted by molar-refractivity contribution is 6.74. The summed E-state index contributed by atoms with van der Waals surface area (Å²) in [5.74, 6) is 0.852. The van der Waals surface area contributed by atoms with Crippen molar-refractivity contribution in [3.05, 3.63) is 124 Å². The Kier molecular flexibility index (Phi) is 12.0. The molecule has 9 nitrogen and oxygen atoms in total. The number of phenolic OH excluding ortho intramolecular Hbond substituents is 1. The van der Waals surface area contributed by atoms with Crippen LogP contribution in [0.4, 0.5) is 10.5 Å². The van der Waals surface area contributed by atoms with Crippen molar-refractivity contribution in [2.45, 2.75) is 70.8 Å². The van der Waals surface area contributed by atoms with Crippen LogP contribution in [-0.2, 0) is 17.4 Å². The van der Waals surface area contributed by atoms with Gasteiger partial charge in [-0.25, -0.2) is 4.79 Å². The van der Waals surface area contributed by atoms with Crippen molar-refractivity contribution in [1.82, 2.24) is 10.3 Å². The van der Waals surface area contributed by atoms with Crippen LogP contribution in [0.3, 0.4) is 0 Å². The molecule has 0 bridgehead atoms. The Hall–Kier alpha value is -4.90. The number of rotatable bonds is 15. The highest BCUT2D eigenvalue weighted by atomic mass is 28.4. The predicted molar refractivity (Wildman–Crippen MR) is 207 cm³/mol. The van der Waals surface area contributed by atoms with E-state index in [0.29, 0.717) is 30.9 Å². The summed E-state index contributed by atoms with van der Waals surface area (Å²) in [4.78, 5) is 26.1. The summed E-state index contributed by atoms with van der Waals surface area (Å²) >= 11 is 0. The van der Waals surface area contributed by atoms with Crippen LogP contribution in [0.1, 0.15) is 56.4 Å². The lowest BCUT2D eigenvalue weighted by Gasteiger charge is -2.39. The third kappa shape index (κ3) is 9.88. The number of hydrogen-bond donors (Lipinski definition) is 5. The van der Waals surface area contributed by atoms with Gasteiger partial charge in [-0.3, -0.25) is 10.1 Å². The minimum Gasteiger partial charge on any atom is -0.506 e. The molecule has 0 saturated heterocycles. The first kappa shape index (κ1) is 37.4. The largest absolute Gasteiger partial charge is 0.506 e. The number of anilines is 1. The van der Waals surface area contributed by atoms with Crippen LogP contribution < -0.4 is 20.9 Å². The van der Waals surface area contributed by atoms with E-state index < -0.39 is 14.4 Å². The number of unbranched alkanes of at least 4 members (excludes halogenated alkanes) is 1. The molecular formula is C41H49N3O6Si. The molecule has 0 radical (unpaired) electrons. The molecule has 0 spiro atoms. The van der Waals surface area contributed by atoms with E-state index in [1.54, 1.807) is 12.1 Å². The smallest absolute Gasteiger partial charge is 0.409 e. The predicted octanol–water partition coefficient (Wildman–Crippen LogP) is 9.25. The molecule has 5 N–H and O–H groups in total. The highest BCUT2D eigenvalue weighted by Gasteiger charge is 2.39. The topological polar surface area (TPSA) is 133 Å². The van der Waals surface area contributed by atoms with Gasteiger partial charge in [-0.1, -0.05) is 75.4 Å². The molecular weight excluding hydrogens is 659 g/mol. The number of aryl methyl sites for hydroxylation is 1. The van der Waals surface area contributed by atoms with Crippen LogP contribution in [0.15, 0.2) is 102 Å². The molecule has 268 valence electrons.